The Labute approximate surface area is 218 Å². The number of aromatic nitrogens is 1. The zero-order valence-electron chi connectivity index (χ0n) is 21.4. The standard InChI is InChI=1S/C33H27FGeNO/c1-20-12-14-24-25-16-17-26(34)31(33(25)37-32(24)30(20)29-11-7-8-18-36(29)4)21-13-15-23-22-9-5-6-10-27(22)35(2,3)28(23)19-21/h5-19H,1-4H3/q+1. The van der Waals surface area contributed by atoms with Gasteiger partial charge in [-0.1, -0.05) is 0 Å². The van der Waals surface area contributed by atoms with Crippen molar-refractivity contribution >= 4 is 44.0 Å². The molecule has 0 atom stereocenters. The van der Waals surface area contributed by atoms with Crippen molar-refractivity contribution in [2.75, 3.05) is 0 Å². The van der Waals surface area contributed by atoms with Crippen LogP contribution in [0.1, 0.15) is 5.56 Å². The molecule has 0 saturated heterocycles. The minimum absolute atomic E-state index is 0.254. The van der Waals surface area contributed by atoms with Gasteiger partial charge >= 0.3 is 219 Å². The zero-order chi connectivity index (χ0) is 25.5. The van der Waals surface area contributed by atoms with Gasteiger partial charge in [0.1, 0.15) is 0 Å². The molecule has 4 aromatic carbocycles. The van der Waals surface area contributed by atoms with E-state index in [9.17, 15) is 0 Å². The monoisotopic (exact) mass is 546 g/mol. The summed E-state index contributed by atoms with van der Waals surface area (Å²) in [5, 5.41) is 1.95. The number of hydrogen-bond acceptors (Lipinski definition) is 1. The molecule has 0 radical (unpaired) electrons. The van der Waals surface area contributed by atoms with Crippen LogP contribution in [-0.2, 0) is 7.05 Å². The van der Waals surface area contributed by atoms with Gasteiger partial charge in [0, 0.05) is 0 Å². The van der Waals surface area contributed by atoms with E-state index in [1.54, 1.807) is 6.07 Å². The molecule has 1 aliphatic rings. The maximum absolute atomic E-state index is 15.7. The van der Waals surface area contributed by atoms with Crippen LogP contribution in [0.3, 0.4) is 0 Å². The fourth-order valence-corrected chi connectivity index (χ4v) is 12.7. The predicted molar refractivity (Wildman–Crippen MR) is 153 cm³/mol. The van der Waals surface area contributed by atoms with Crippen LogP contribution in [0.2, 0.25) is 11.5 Å². The van der Waals surface area contributed by atoms with Crippen LogP contribution < -0.4 is 13.4 Å². The zero-order valence-corrected chi connectivity index (χ0v) is 23.5. The second kappa shape index (κ2) is 7.90. The number of halogens is 1. The summed E-state index contributed by atoms with van der Waals surface area (Å²) in [6, 6.07) is 29.1. The Morgan fingerprint density at radius 2 is 1.43 bits per heavy atom. The molecule has 4 heteroatoms. The first-order valence-electron chi connectivity index (χ1n) is 12.7. The van der Waals surface area contributed by atoms with E-state index < -0.39 is 13.3 Å². The Hall–Kier alpha value is -3.70. The first-order valence-corrected chi connectivity index (χ1v) is 19.0. The molecular weight excluding hydrogens is 518 g/mol. The SMILES string of the molecule is Cc1ccc2c(oc3c(-c4ccc5[c](c4)[Ge]([CH3])([CH3])[c]4ccccc4-5)c(F)ccc32)c1-c1cccc[n+]1C. The summed E-state index contributed by atoms with van der Waals surface area (Å²) in [7, 11) is 2.04. The topological polar surface area (TPSA) is 17.0 Å². The summed E-state index contributed by atoms with van der Waals surface area (Å²) in [5.41, 5.74) is 8.73. The first-order chi connectivity index (χ1) is 17.9. The van der Waals surface area contributed by atoms with Crippen LogP contribution >= 0.6 is 0 Å². The molecule has 0 N–H and O–H groups in total. The quantitative estimate of drug-likeness (QED) is 0.169. The van der Waals surface area contributed by atoms with Crippen molar-refractivity contribution in [3.05, 3.63) is 103 Å². The fourth-order valence-electron chi connectivity index (χ4n) is 6.21. The van der Waals surface area contributed by atoms with Gasteiger partial charge in [-0.2, -0.15) is 0 Å². The molecule has 6 aromatic rings. The van der Waals surface area contributed by atoms with Gasteiger partial charge in [0.2, 0.25) is 0 Å². The number of benzene rings is 4. The molecule has 2 aromatic heterocycles. The Balaban J connectivity index is 1.51. The third kappa shape index (κ3) is 3.13. The summed E-state index contributed by atoms with van der Waals surface area (Å²) >= 11 is -2.49. The number of rotatable bonds is 2. The molecule has 37 heavy (non-hydrogen) atoms. The summed E-state index contributed by atoms with van der Waals surface area (Å²) < 4.78 is 27.3. The Morgan fingerprint density at radius 3 is 2.24 bits per heavy atom. The van der Waals surface area contributed by atoms with Crippen molar-refractivity contribution in [1.82, 2.24) is 0 Å². The van der Waals surface area contributed by atoms with Crippen molar-refractivity contribution in [3.8, 4) is 33.5 Å². The van der Waals surface area contributed by atoms with Gasteiger partial charge in [0.05, 0.1) is 0 Å². The molecule has 2 nitrogen and oxygen atoms in total. The molecule has 0 bridgehead atoms. The fraction of sp³-hybridized carbons (Fsp3) is 0.121. The molecule has 7 rings (SSSR count). The van der Waals surface area contributed by atoms with Crippen molar-refractivity contribution in [3.63, 3.8) is 0 Å². The summed E-state index contributed by atoms with van der Waals surface area (Å²) in [6.45, 7) is 2.10. The Kier molecular flexibility index (Phi) is 4.80. The van der Waals surface area contributed by atoms with E-state index in [0.717, 1.165) is 38.7 Å². The second-order valence-corrected chi connectivity index (χ2v) is 19.7. The molecule has 0 aliphatic carbocycles. The Bertz CT molecular complexity index is 1900. The molecule has 1 aliphatic heterocycles. The third-order valence-electron chi connectivity index (χ3n) is 8.15. The van der Waals surface area contributed by atoms with E-state index in [1.165, 1.54) is 19.9 Å². The van der Waals surface area contributed by atoms with E-state index in [0.29, 0.717) is 11.1 Å². The number of fused-ring (bicyclic) bond motifs is 6. The van der Waals surface area contributed by atoms with Crippen molar-refractivity contribution in [1.29, 1.82) is 0 Å². The van der Waals surface area contributed by atoms with Crippen LogP contribution in [0, 0.1) is 12.7 Å². The number of furan rings is 1. The normalized spacial score (nSPS) is 13.8. The summed E-state index contributed by atoms with van der Waals surface area (Å²) in [4.78, 5) is 0. The summed E-state index contributed by atoms with van der Waals surface area (Å²) in [6.07, 6.45) is 2.04. The summed E-state index contributed by atoms with van der Waals surface area (Å²) in [5.74, 6) is 4.61. The number of nitrogens with zero attached hydrogens (tertiary/aromatic N) is 1. The number of pyridine rings is 1. The average Bonchev–Trinajstić information content (AvgIpc) is 3.37. The molecular formula is C33H27FGeNO+. The molecule has 0 unspecified atom stereocenters. The van der Waals surface area contributed by atoms with Crippen LogP contribution in [0.4, 0.5) is 4.39 Å². The third-order valence-corrected chi connectivity index (χ3v) is 15.6. The van der Waals surface area contributed by atoms with Gasteiger partial charge in [0.25, 0.3) is 0 Å². The van der Waals surface area contributed by atoms with Crippen LogP contribution in [-0.4, -0.2) is 13.3 Å². The number of aryl methyl sites for hydroxylation is 2. The van der Waals surface area contributed by atoms with E-state index in [2.05, 4.69) is 83.7 Å². The predicted octanol–water partition coefficient (Wildman–Crippen LogP) is 7.00. The molecule has 180 valence electrons. The molecule has 0 saturated carbocycles. The van der Waals surface area contributed by atoms with E-state index in [1.807, 2.05) is 31.4 Å². The van der Waals surface area contributed by atoms with Gasteiger partial charge in [-0.15, -0.1) is 0 Å². The van der Waals surface area contributed by atoms with E-state index >= 15 is 4.39 Å². The number of hydrogen-bond donors (Lipinski definition) is 0. The van der Waals surface area contributed by atoms with Gasteiger partial charge in [-0.05, 0) is 0 Å². The average molecular weight is 545 g/mol. The van der Waals surface area contributed by atoms with Gasteiger partial charge in [-0.3, -0.25) is 0 Å². The van der Waals surface area contributed by atoms with E-state index in [4.69, 9.17) is 4.42 Å². The first kappa shape index (κ1) is 22.5. The molecule has 3 heterocycles. The second-order valence-electron chi connectivity index (χ2n) is 10.7. The Morgan fingerprint density at radius 1 is 0.730 bits per heavy atom. The van der Waals surface area contributed by atoms with Crippen LogP contribution in [0.25, 0.3) is 55.4 Å². The molecule has 0 fully saturated rings. The van der Waals surface area contributed by atoms with Crippen molar-refractivity contribution < 1.29 is 13.4 Å². The molecule has 0 spiro atoms. The van der Waals surface area contributed by atoms with Gasteiger partial charge in [-0.25, -0.2) is 0 Å². The van der Waals surface area contributed by atoms with Crippen LogP contribution in [0.5, 0.6) is 0 Å². The van der Waals surface area contributed by atoms with Crippen molar-refractivity contribution in [2.24, 2.45) is 7.05 Å². The van der Waals surface area contributed by atoms with Crippen LogP contribution in [0.15, 0.2) is 95.5 Å². The van der Waals surface area contributed by atoms with Crippen molar-refractivity contribution in [2.45, 2.75) is 18.4 Å². The van der Waals surface area contributed by atoms with E-state index in [-0.39, 0.29) is 5.82 Å². The minimum atomic E-state index is -2.49. The maximum atomic E-state index is 15.7. The van der Waals surface area contributed by atoms with Gasteiger partial charge < -0.3 is 0 Å². The van der Waals surface area contributed by atoms with Gasteiger partial charge in [0.15, 0.2) is 0 Å². The molecule has 0 amide bonds.